The second kappa shape index (κ2) is 33.5. The molecule has 8 aromatic carbocycles. The van der Waals surface area contributed by atoms with Gasteiger partial charge in [0.05, 0.1) is 106 Å². The number of benzene rings is 8. The Bertz CT molecular complexity index is 5970. The van der Waals surface area contributed by atoms with Crippen LogP contribution in [0.1, 0.15) is 86.3 Å². The lowest BCUT2D eigenvalue weighted by Crippen LogP contribution is -2.30. The maximum atomic E-state index is 13.2. The zero-order valence-corrected chi connectivity index (χ0v) is 61.4. The normalized spacial score (nSPS) is 11.9. The molecule has 0 fully saturated rings. The molecule has 544 valence electrons. The number of hydrogen-bond acceptors (Lipinski definition) is 19. The van der Waals surface area contributed by atoms with Crippen molar-refractivity contribution in [1.29, 1.82) is 10.5 Å². The van der Waals surface area contributed by atoms with E-state index in [-0.39, 0.29) is 36.3 Å². The minimum atomic E-state index is -0.634. The molecule has 26 heteroatoms. The summed E-state index contributed by atoms with van der Waals surface area (Å²) in [6.45, 7) is 13.8. The van der Waals surface area contributed by atoms with Gasteiger partial charge in [0.25, 0.3) is 35.2 Å². The van der Waals surface area contributed by atoms with Crippen molar-refractivity contribution in [1.82, 2.24) is 24.9 Å². The lowest BCUT2D eigenvalue weighted by Gasteiger charge is -2.19. The molecule has 0 atom stereocenters. The second-order valence-electron chi connectivity index (χ2n) is 24.9. The van der Waals surface area contributed by atoms with Crippen LogP contribution in [0.15, 0.2) is 243 Å². The Morgan fingerprint density at radius 1 is 0.486 bits per heavy atom. The topological polar surface area (TPSA) is 310 Å². The molecule has 5 aromatic heterocycles. The zero-order chi connectivity index (χ0) is 77.8. The molecule has 23 nitrogen and oxygen atoms in total. The first-order valence-corrected chi connectivity index (χ1v) is 35.1. The maximum absolute atomic E-state index is 13.2. The van der Waals surface area contributed by atoms with E-state index in [1.54, 1.807) is 153 Å². The van der Waals surface area contributed by atoms with Crippen molar-refractivity contribution in [2.75, 3.05) is 36.8 Å². The Kier molecular flexibility index (Phi) is 22.5. The highest BCUT2D eigenvalue weighted by Gasteiger charge is 2.39. The van der Waals surface area contributed by atoms with E-state index in [9.17, 15) is 34.5 Å². The van der Waals surface area contributed by atoms with Gasteiger partial charge in [-0.3, -0.25) is 48.9 Å². The van der Waals surface area contributed by atoms with E-state index < -0.39 is 17.7 Å². The highest BCUT2D eigenvalue weighted by Crippen LogP contribution is 2.41. The molecule has 0 spiro atoms. The van der Waals surface area contributed by atoms with Gasteiger partial charge in [-0.25, -0.2) is 14.6 Å². The fraction of sp³-hybridized carbons (Fsp3) is 0.0706. The molecular weight excluding hydrogens is 1470 g/mol. The molecule has 0 saturated heterocycles. The Balaban J connectivity index is 0.000000148. The third kappa shape index (κ3) is 16.7. The summed E-state index contributed by atoms with van der Waals surface area (Å²) in [6.07, 6.45) is 9.40. The number of nitrogens with zero attached hydrogens (tertiary/aromatic N) is 10. The van der Waals surface area contributed by atoms with Gasteiger partial charge >= 0.3 is 0 Å². The molecule has 6 N–H and O–H groups in total. The van der Waals surface area contributed by atoms with Crippen LogP contribution in [0.5, 0.6) is 17.2 Å². The average Bonchev–Trinajstić information content (AvgIpc) is 1.70. The number of rotatable bonds is 19. The van der Waals surface area contributed by atoms with Crippen LogP contribution in [0.3, 0.4) is 0 Å². The number of fused-ring (bicyclic) bond motifs is 4. The van der Waals surface area contributed by atoms with Gasteiger partial charge in [-0.05, 0) is 195 Å². The first-order chi connectivity index (χ1) is 53.8. The van der Waals surface area contributed by atoms with Crippen LogP contribution >= 0.6 is 34.8 Å². The first kappa shape index (κ1) is 74.7. The van der Waals surface area contributed by atoms with E-state index in [1.165, 1.54) is 23.4 Å². The van der Waals surface area contributed by atoms with Crippen molar-refractivity contribution in [3.63, 3.8) is 0 Å². The molecule has 2 aliphatic heterocycles. The fourth-order valence-corrected chi connectivity index (χ4v) is 12.7. The van der Waals surface area contributed by atoms with Gasteiger partial charge in [-0.2, -0.15) is 10.5 Å². The second-order valence-corrected chi connectivity index (χ2v) is 26.2. The number of nitrogens with two attached hydrogens (primary N) is 1. The van der Waals surface area contributed by atoms with Crippen molar-refractivity contribution in [3.05, 3.63) is 337 Å². The fourth-order valence-electron chi connectivity index (χ4n) is 12.0. The summed E-state index contributed by atoms with van der Waals surface area (Å²) < 4.78 is 17.3. The SMILES string of the molecule is Cc1cc2ncc(C#N)c(Nc3ccc(OCc4ccccn4)c(Cl)c3)c2cc1N.Cc1cc2ncc(C#N)c(Nc3ccc(OCc4ccccn4)c(Cl)c3)c2cc1N1C(=O)c2ccccc2C1=O.[C-]#[N+]/C(=C\Nc1ccc(N2C(=O)c3ccccc3C2=O)c(C)c1)C(=O)Nc1ccc(OCc2ccccn2)c(Cl)c1. The van der Waals surface area contributed by atoms with E-state index in [0.717, 1.165) is 38.4 Å². The smallest absolute Gasteiger partial charge is 0.266 e. The minimum Gasteiger partial charge on any atom is -0.486 e. The molecule has 15 rings (SSSR count). The van der Waals surface area contributed by atoms with Crippen LogP contribution < -0.4 is 51.0 Å². The van der Waals surface area contributed by atoms with Gasteiger partial charge in [-0.1, -0.05) is 77.3 Å². The molecular formula is C85H60Cl3N15O8. The van der Waals surface area contributed by atoms with E-state index in [2.05, 4.69) is 63.2 Å². The largest absolute Gasteiger partial charge is 0.486 e. The minimum absolute atomic E-state index is 0.196. The van der Waals surface area contributed by atoms with Crippen LogP contribution in [0.2, 0.25) is 15.1 Å². The van der Waals surface area contributed by atoms with Crippen LogP contribution in [-0.4, -0.2) is 54.5 Å². The Labute approximate surface area is 650 Å². The van der Waals surface area contributed by atoms with Crippen molar-refractivity contribution >= 4 is 137 Å². The van der Waals surface area contributed by atoms with Crippen LogP contribution in [0.25, 0.3) is 26.7 Å². The van der Waals surface area contributed by atoms with Gasteiger partial charge in [0.15, 0.2) is 0 Å². The molecule has 13 aromatic rings. The molecule has 7 heterocycles. The summed E-state index contributed by atoms with van der Waals surface area (Å²) in [6, 6.07) is 62.1. The lowest BCUT2D eigenvalue weighted by atomic mass is 10.0. The molecule has 111 heavy (non-hydrogen) atoms. The van der Waals surface area contributed by atoms with Gasteiger partial charge < -0.3 is 41.2 Å². The monoisotopic (exact) mass is 1520 g/mol. The molecule has 0 radical (unpaired) electrons. The summed E-state index contributed by atoms with van der Waals surface area (Å²) in [5.41, 5.74) is 18.9. The van der Waals surface area contributed by atoms with Gasteiger partial charge in [0.1, 0.15) is 49.2 Å². The molecule has 0 saturated carbocycles. The molecule has 2 aliphatic rings. The Morgan fingerprint density at radius 2 is 0.883 bits per heavy atom. The maximum Gasteiger partial charge on any atom is 0.266 e. The highest BCUT2D eigenvalue weighted by atomic mass is 35.5. The summed E-state index contributed by atoms with van der Waals surface area (Å²) in [5, 5.41) is 34.0. The number of imide groups is 2. The number of amides is 5. The average molecular weight is 1530 g/mol. The predicted octanol–water partition coefficient (Wildman–Crippen LogP) is 18.2. The number of aromatic nitrogens is 5. The number of pyridine rings is 5. The predicted molar refractivity (Wildman–Crippen MR) is 427 cm³/mol. The summed E-state index contributed by atoms with van der Waals surface area (Å²) in [7, 11) is 0. The van der Waals surface area contributed by atoms with Gasteiger partial charge in [-0.15, -0.1) is 0 Å². The van der Waals surface area contributed by atoms with Crippen molar-refractivity contribution < 1.29 is 38.2 Å². The molecule has 0 bridgehead atoms. The number of anilines is 9. The summed E-state index contributed by atoms with van der Waals surface area (Å²) in [4.78, 5) is 92.0. The van der Waals surface area contributed by atoms with Gasteiger partial charge in [0.2, 0.25) is 0 Å². The first-order valence-electron chi connectivity index (χ1n) is 34.0. The summed E-state index contributed by atoms with van der Waals surface area (Å²) >= 11 is 19.3. The van der Waals surface area contributed by atoms with E-state index in [0.29, 0.717) is 140 Å². The quantitative estimate of drug-likeness (QED) is 0.0217. The van der Waals surface area contributed by atoms with Crippen LogP contribution in [0, 0.1) is 50.0 Å². The van der Waals surface area contributed by atoms with E-state index in [1.807, 2.05) is 86.6 Å². The van der Waals surface area contributed by atoms with Crippen molar-refractivity contribution in [3.8, 4) is 29.4 Å². The Hall–Kier alpha value is -14.5. The summed E-state index contributed by atoms with van der Waals surface area (Å²) in [5.74, 6) is -0.717. The number of halogens is 3. The third-order valence-electron chi connectivity index (χ3n) is 17.6. The number of hydrogen-bond donors (Lipinski definition) is 5. The molecule has 0 aliphatic carbocycles. The lowest BCUT2D eigenvalue weighted by molar-refractivity contribution is -0.112. The van der Waals surface area contributed by atoms with Crippen molar-refractivity contribution in [2.45, 2.75) is 40.6 Å². The number of aryl methyl sites for hydroxylation is 3. The number of nitrogen functional groups attached to an aromatic ring is 1. The van der Waals surface area contributed by atoms with E-state index in [4.69, 9.17) is 61.3 Å². The van der Waals surface area contributed by atoms with Crippen LogP contribution in [-0.2, 0) is 24.6 Å². The van der Waals surface area contributed by atoms with E-state index >= 15 is 0 Å². The highest BCUT2D eigenvalue weighted by molar-refractivity contribution is 6.36. The van der Waals surface area contributed by atoms with Crippen molar-refractivity contribution in [2.24, 2.45) is 0 Å². The van der Waals surface area contributed by atoms with Crippen LogP contribution in [0.4, 0.5) is 51.2 Å². The Morgan fingerprint density at radius 3 is 1.30 bits per heavy atom. The number of carbonyl (C=O) groups is 5. The number of nitrogens with one attached hydrogen (secondary N) is 4. The number of nitriles is 2. The zero-order valence-electron chi connectivity index (χ0n) is 59.1. The standard InChI is InChI=1S/C31H22ClN5O4.C31H20ClN5O3.C23H18ClN5O/c1-19-15-20(10-12-27(19)37-30(39)23-8-3-4-9-24(23)31(37)40)35-17-26(33-2)29(38)36-21-11-13-28(25(32)16-21)41-18-22-7-5-6-14-34-22;1-18-12-26-24(14-27(18)37-30(38)22-7-2-3-8-23(22)31(37)39)29(19(15-33)16-35-26)36-20-9-10-28(25(32)13-20)40-17-21-6-4-5-11-34-21;1-14-8-21-18(10-20(14)26)23(15(11-25)12-28-21)29-16-5-6-22(19(24)9-16)30-13-17-4-2-3-7-27-17/h3-17,35H,18H2,1H3,(H,36,38);2-14,16H,17H2,1H3,(H,35,36);2-10,12H,13,26H2,1H3,(H,28,29)/b26-17-;;. The number of carbonyl (C=O) groups excluding carboxylic acids is 5. The third-order valence-corrected chi connectivity index (χ3v) is 18.5. The van der Waals surface area contributed by atoms with Gasteiger partial charge in [0, 0.05) is 76.4 Å². The molecule has 5 amide bonds. The molecule has 0 unspecified atom stereocenters. The number of ether oxygens (including phenoxy) is 3.